The summed E-state index contributed by atoms with van der Waals surface area (Å²) >= 11 is 0. The molecule has 0 aromatic heterocycles. The van der Waals surface area contributed by atoms with E-state index in [2.05, 4.69) is 19.9 Å². The summed E-state index contributed by atoms with van der Waals surface area (Å²) < 4.78 is 0. The van der Waals surface area contributed by atoms with Crippen molar-refractivity contribution >= 4 is 5.78 Å². The number of aliphatic hydroxyl groups excluding tert-OH is 1. The summed E-state index contributed by atoms with van der Waals surface area (Å²) in [5.74, 6) is 0.966. The number of carbonyl (C=O) groups excluding carboxylic acids is 1. The predicted octanol–water partition coefficient (Wildman–Crippen LogP) is 3.10. The first kappa shape index (κ1) is 13.4. The molecule has 1 rings (SSSR count). The van der Waals surface area contributed by atoms with Crippen LogP contribution in [0.25, 0.3) is 0 Å². The first-order valence-electron chi connectivity index (χ1n) is 6.24. The molecule has 1 fully saturated rings. The zero-order valence-electron chi connectivity index (χ0n) is 10.8. The van der Waals surface area contributed by atoms with E-state index in [1.165, 1.54) is 18.4 Å². The van der Waals surface area contributed by atoms with Crippen LogP contribution >= 0.6 is 0 Å². The third kappa shape index (κ3) is 4.09. The van der Waals surface area contributed by atoms with Crippen molar-refractivity contribution in [3.8, 4) is 0 Å². The average Bonchev–Trinajstić information content (AvgIpc) is 2.87. The molecule has 0 unspecified atom stereocenters. The van der Waals surface area contributed by atoms with Gasteiger partial charge in [-0.3, -0.25) is 0 Å². The maximum Gasteiger partial charge on any atom is 0.130 e. The Morgan fingerprint density at radius 3 is 2.62 bits per heavy atom. The van der Waals surface area contributed by atoms with Crippen LogP contribution in [-0.2, 0) is 4.79 Å². The van der Waals surface area contributed by atoms with Crippen LogP contribution in [0.3, 0.4) is 0 Å². The van der Waals surface area contributed by atoms with Crippen LogP contribution in [0.2, 0.25) is 0 Å². The van der Waals surface area contributed by atoms with Crippen molar-refractivity contribution in [3.63, 3.8) is 0 Å². The van der Waals surface area contributed by atoms with Gasteiger partial charge in [0, 0.05) is 13.0 Å². The lowest BCUT2D eigenvalue weighted by Crippen LogP contribution is -2.03. The lowest BCUT2D eigenvalue weighted by molar-refractivity contribution is -0.116. The van der Waals surface area contributed by atoms with Crippen molar-refractivity contribution in [2.75, 3.05) is 6.61 Å². The number of Topliss-reactive ketones (excluding diaryl/α,β-unsaturated/α-hetero) is 1. The predicted molar refractivity (Wildman–Crippen MR) is 66.2 cm³/mol. The Kier molecular flexibility index (Phi) is 4.72. The zero-order chi connectivity index (χ0) is 12.2. The summed E-state index contributed by atoms with van der Waals surface area (Å²) in [5.41, 5.74) is 1.59. The van der Waals surface area contributed by atoms with E-state index in [0.29, 0.717) is 18.9 Å². The van der Waals surface area contributed by atoms with E-state index in [1.807, 2.05) is 0 Å². The van der Waals surface area contributed by atoms with Gasteiger partial charge in [0.05, 0.1) is 0 Å². The fourth-order valence-corrected chi connectivity index (χ4v) is 2.17. The molecule has 16 heavy (non-hydrogen) atoms. The number of hydrogen-bond acceptors (Lipinski definition) is 2. The summed E-state index contributed by atoms with van der Waals surface area (Å²) in [7, 11) is 0. The fraction of sp³-hybridized carbons (Fsp3) is 0.786. The molecule has 1 saturated carbocycles. The lowest BCUT2D eigenvalue weighted by atomic mass is 10.0. The molecule has 1 aliphatic rings. The van der Waals surface area contributed by atoms with Gasteiger partial charge in [-0.1, -0.05) is 18.6 Å². The largest absolute Gasteiger partial charge is 0.396 e. The van der Waals surface area contributed by atoms with E-state index < -0.39 is 0 Å². The van der Waals surface area contributed by atoms with Gasteiger partial charge in [0.2, 0.25) is 0 Å². The number of allylic oxidation sites excluding steroid dienone is 2. The van der Waals surface area contributed by atoms with Gasteiger partial charge in [0.25, 0.3) is 0 Å². The van der Waals surface area contributed by atoms with Gasteiger partial charge >= 0.3 is 0 Å². The quantitative estimate of drug-likeness (QED) is 0.675. The highest BCUT2D eigenvalue weighted by Gasteiger charge is 2.48. The molecule has 0 aliphatic heterocycles. The summed E-state index contributed by atoms with van der Waals surface area (Å²) in [5, 5.41) is 9.15. The number of carbonyl (C=O) groups is 1. The molecular formula is C14H24O2. The first-order valence-corrected chi connectivity index (χ1v) is 6.24. The third-order valence-corrected chi connectivity index (χ3v) is 3.78. The molecule has 2 heteroatoms. The Hall–Kier alpha value is -0.630. The van der Waals surface area contributed by atoms with Crippen molar-refractivity contribution in [1.29, 1.82) is 0 Å². The Bertz CT molecular complexity index is 280. The molecule has 0 aromatic rings. The normalized spacial score (nSPS) is 29.2. The van der Waals surface area contributed by atoms with Gasteiger partial charge in [0.15, 0.2) is 0 Å². The van der Waals surface area contributed by atoms with Gasteiger partial charge in [-0.05, 0) is 50.9 Å². The average molecular weight is 224 g/mol. The SMILES string of the molecule is CC(=O)CC/C=C(\C)CC[C@H]1C[C@]1(C)CO. The molecule has 92 valence electrons. The summed E-state index contributed by atoms with van der Waals surface area (Å²) in [6, 6.07) is 0. The molecule has 1 N–H and O–H groups in total. The van der Waals surface area contributed by atoms with Gasteiger partial charge < -0.3 is 9.90 Å². The Morgan fingerprint density at radius 2 is 2.12 bits per heavy atom. The maximum absolute atomic E-state index is 10.8. The topological polar surface area (TPSA) is 37.3 Å². The van der Waals surface area contributed by atoms with Crippen LogP contribution in [0.5, 0.6) is 0 Å². The number of hydrogen-bond donors (Lipinski definition) is 1. The van der Waals surface area contributed by atoms with Gasteiger partial charge in [-0.2, -0.15) is 0 Å². The maximum atomic E-state index is 10.8. The summed E-state index contributed by atoms with van der Waals surface area (Å²) in [6.07, 6.45) is 7.18. The van der Waals surface area contributed by atoms with Crippen LogP contribution in [-0.4, -0.2) is 17.5 Å². The Morgan fingerprint density at radius 1 is 1.44 bits per heavy atom. The van der Waals surface area contributed by atoms with Crippen LogP contribution in [0.1, 0.15) is 52.9 Å². The standard InChI is InChI=1S/C14H24O2/c1-11(5-4-6-12(2)16)7-8-13-9-14(13,3)10-15/h5,13,15H,4,6-10H2,1-3H3/b11-5+/t13-,14+/m0/s1. The second-order valence-electron chi connectivity index (χ2n) is 5.54. The van der Waals surface area contributed by atoms with E-state index >= 15 is 0 Å². The molecule has 2 nitrogen and oxygen atoms in total. The van der Waals surface area contributed by atoms with Crippen molar-refractivity contribution in [2.45, 2.75) is 52.9 Å². The van der Waals surface area contributed by atoms with Crippen molar-refractivity contribution in [3.05, 3.63) is 11.6 Å². The molecule has 0 radical (unpaired) electrons. The van der Waals surface area contributed by atoms with Gasteiger partial charge in [-0.25, -0.2) is 0 Å². The molecule has 0 amide bonds. The molecule has 0 heterocycles. The highest BCUT2D eigenvalue weighted by atomic mass is 16.3. The number of aliphatic hydroxyl groups is 1. The fourth-order valence-electron chi connectivity index (χ4n) is 2.17. The molecule has 0 saturated heterocycles. The second-order valence-corrected chi connectivity index (χ2v) is 5.54. The Balaban J connectivity index is 2.16. The second kappa shape index (κ2) is 5.62. The minimum absolute atomic E-state index is 0.208. The molecule has 2 atom stereocenters. The Labute approximate surface area is 98.7 Å². The van der Waals surface area contributed by atoms with E-state index in [0.717, 1.165) is 12.8 Å². The van der Waals surface area contributed by atoms with Crippen LogP contribution in [0.4, 0.5) is 0 Å². The number of rotatable bonds is 7. The highest BCUT2D eigenvalue weighted by Crippen LogP contribution is 2.54. The van der Waals surface area contributed by atoms with Crippen molar-refractivity contribution in [2.24, 2.45) is 11.3 Å². The number of ketones is 1. The smallest absolute Gasteiger partial charge is 0.130 e. The minimum Gasteiger partial charge on any atom is -0.396 e. The molecule has 1 aliphatic carbocycles. The molecular weight excluding hydrogens is 200 g/mol. The van der Waals surface area contributed by atoms with Gasteiger partial charge in [0.1, 0.15) is 5.78 Å². The highest BCUT2D eigenvalue weighted by molar-refractivity contribution is 5.75. The monoisotopic (exact) mass is 224 g/mol. The molecule has 0 spiro atoms. The van der Waals surface area contributed by atoms with E-state index in [-0.39, 0.29) is 11.2 Å². The van der Waals surface area contributed by atoms with Gasteiger partial charge in [-0.15, -0.1) is 0 Å². The van der Waals surface area contributed by atoms with E-state index in [1.54, 1.807) is 6.92 Å². The van der Waals surface area contributed by atoms with E-state index in [9.17, 15) is 4.79 Å². The van der Waals surface area contributed by atoms with Crippen LogP contribution in [0, 0.1) is 11.3 Å². The minimum atomic E-state index is 0.208. The van der Waals surface area contributed by atoms with Crippen molar-refractivity contribution in [1.82, 2.24) is 0 Å². The zero-order valence-corrected chi connectivity index (χ0v) is 10.8. The van der Waals surface area contributed by atoms with Crippen LogP contribution in [0.15, 0.2) is 11.6 Å². The summed E-state index contributed by atoms with van der Waals surface area (Å²) in [4.78, 5) is 10.8. The first-order chi connectivity index (χ1) is 7.48. The van der Waals surface area contributed by atoms with Crippen LogP contribution < -0.4 is 0 Å². The van der Waals surface area contributed by atoms with E-state index in [4.69, 9.17) is 5.11 Å². The molecule has 0 bridgehead atoms. The summed E-state index contributed by atoms with van der Waals surface area (Å²) in [6.45, 7) is 6.26. The molecule has 0 aromatic carbocycles. The third-order valence-electron chi connectivity index (χ3n) is 3.78. The lowest BCUT2D eigenvalue weighted by Gasteiger charge is -2.06. The van der Waals surface area contributed by atoms with Crippen molar-refractivity contribution < 1.29 is 9.90 Å².